The van der Waals surface area contributed by atoms with Gasteiger partial charge in [-0.1, -0.05) is 0 Å². The van der Waals surface area contributed by atoms with Crippen molar-refractivity contribution in [3.8, 4) is 11.5 Å². The highest BCUT2D eigenvalue weighted by atomic mass is 32.1. The number of nitrogens with zero attached hydrogens (tertiary/aromatic N) is 6. The summed E-state index contributed by atoms with van der Waals surface area (Å²) < 4.78 is 19.9. The minimum absolute atomic E-state index is 0.00526. The van der Waals surface area contributed by atoms with Crippen LogP contribution < -0.4 is 9.80 Å². The lowest BCUT2D eigenvalue weighted by Crippen LogP contribution is -2.36. The first-order valence-electron chi connectivity index (χ1n) is 10.1. The molecule has 0 aliphatic carbocycles. The van der Waals surface area contributed by atoms with Crippen molar-refractivity contribution < 1.29 is 9.13 Å². The third-order valence-corrected chi connectivity index (χ3v) is 6.51. The first-order valence-corrected chi connectivity index (χ1v) is 11.0. The molecule has 9 heteroatoms. The van der Waals surface area contributed by atoms with Crippen LogP contribution in [0, 0.1) is 5.82 Å². The summed E-state index contributed by atoms with van der Waals surface area (Å²) in [5.41, 5.74) is 4.66. The highest BCUT2D eigenvalue weighted by Gasteiger charge is 2.29. The van der Waals surface area contributed by atoms with E-state index in [9.17, 15) is 4.39 Å². The van der Waals surface area contributed by atoms with Gasteiger partial charge in [-0.25, -0.2) is 24.3 Å². The molecule has 3 aromatic rings. The zero-order valence-electron chi connectivity index (χ0n) is 17.0. The highest BCUT2D eigenvalue weighted by Crippen LogP contribution is 2.34. The Balaban J connectivity index is 1.42. The molecule has 0 spiro atoms. The van der Waals surface area contributed by atoms with Gasteiger partial charge in [-0.15, -0.1) is 11.3 Å². The molecule has 7 nitrogen and oxygen atoms in total. The van der Waals surface area contributed by atoms with E-state index in [-0.39, 0.29) is 18.0 Å². The van der Waals surface area contributed by atoms with E-state index in [1.54, 1.807) is 12.6 Å². The zero-order chi connectivity index (χ0) is 20.7. The summed E-state index contributed by atoms with van der Waals surface area (Å²) in [4.78, 5) is 22.6. The largest absolute Gasteiger partial charge is 0.380 e. The predicted octanol–water partition coefficient (Wildman–Crippen LogP) is 3.48. The second-order valence-corrected chi connectivity index (χ2v) is 8.40. The maximum Gasteiger partial charge on any atom is 0.179 e. The number of anilines is 2. The lowest BCUT2D eigenvalue weighted by Gasteiger charge is -2.36. The molecule has 0 saturated carbocycles. The molecule has 3 aromatic heterocycles. The van der Waals surface area contributed by atoms with Crippen LogP contribution >= 0.6 is 11.3 Å². The van der Waals surface area contributed by atoms with Crippen molar-refractivity contribution in [2.24, 2.45) is 0 Å². The number of halogens is 1. The Morgan fingerprint density at radius 3 is 2.80 bits per heavy atom. The fourth-order valence-electron chi connectivity index (χ4n) is 4.23. The van der Waals surface area contributed by atoms with Gasteiger partial charge in [-0.05, 0) is 13.3 Å². The van der Waals surface area contributed by atoms with Crippen molar-refractivity contribution in [3.05, 3.63) is 46.3 Å². The smallest absolute Gasteiger partial charge is 0.179 e. The average molecular weight is 427 g/mol. The molecule has 0 radical (unpaired) electrons. The summed E-state index contributed by atoms with van der Waals surface area (Å²) in [6.45, 7) is 4.36. The summed E-state index contributed by atoms with van der Waals surface area (Å²) >= 11 is 1.53. The third kappa shape index (κ3) is 3.52. The molecule has 1 fully saturated rings. The van der Waals surface area contributed by atoms with Crippen LogP contribution in [0.4, 0.5) is 16.0 Å². The van der Waals surface area contributed by atoms with Gasteiger partial charge < -0.3 is 14.5 Å². The van der Waals surface area contributed by atoms with E-state index in [2.05, 4.69) is 26.7 Å². The monoisotopic (exact) mass is 426 g/mol. The predicted molar refractivity (Wildman–Crippen MR) is 114 cm³/mol. The van der Waals surface area contributed by atoms with E-state index in [1.807, 2.05) is 11.6 Å². The van der Waals surface area contributed by atoms with E-state index in [4.69, 9.17) is 14.7 Å². The van der Waals surface area contributed by atoms with Crippen molar-refractivity contribution in [2.75, 3.05) is 36.5 Å². The number of methoxy groups -OCH3 is 1. The van der Waals surface area contributed by atoms with Gasteiger partial charge in [0.1, 0.15) is 23.1 Å². The van der Waals surface area contributed by atoms with Gasteiger partial charge >= 0.3 is 0 Å². The molecule has 2 atom stereocenters. The molecule has 0 aromatic carbocycles. The molecule has 0 amide bonds. The molecule has 1 saturated heterocycles. The number of rotatable bonds is 4. The standard InChI is InChI=1S/C21H23FN6OS/c1-13-16-9-23-21(18-11-30-12-24-18)25-17(16)4-6-28(13)20-8-14(22)7-19(26-20)27-5-3-15(10-27)29-2/h7-9,11-13,15H,3-6,10H2,1-2H3/t13?,15-/m0/s1. The minimum atomic E-state index is -0.274. The molecule has 0 bridgehead atoms. The average Bonchev–Trinajstić information content (AvgIpc) is 3.45. The third-order valence-electron chi connectivity index (χ3n) is 5.93. The van der Waals surface area contributed by atoms with Crippen LogP contribution in [-0.4, -0.2) is 52.8 Å². The molecule has 5 rings (SSSR count). The molecular weight excluding hydrogens is 403 g/mol. The van der Waals surface area contributed by atoms with Crippen LogP contribution in [0.3, 0.4) is 0 Å². The van der Waals surface area contributed by atoms with Gasteiger partial charge in [0, 0.05) is 62.4 Å². The summed E-state index contributed by atoms with van der Waals surface area (Å²) in [7, 11) is 1.72. The van der Waals surface area contributed by atoms with E-state index >= 15 is 0 Å². The fourth-order valence-corrected chi connectivity index (χ4v) is 4.76. The normalized spacial score (nSPS) is 21.2. The number of thiazole rings is 1. The van der Waals surface area contributed by atoms with E-state index in [0.29, 0.717) is 17.5 Å². The Kier molecular flexibility index (Phi) is 5.08. The Morgan fingerprint density at radius 1 is 1.17 bits per heavy atom. The van der Waals surface area contributed by atoms with Gasteiger partial charge in [0.15, 0.2) is 5.82 Å². The second-order valence-electron chi connectivity index (χ2n) is 7.68. The van der Waals surface area contributed by atoms with Crippen LogP contribution in [0.5, 0.6) is 0 Å². The lowest BCUT2D eigenvalue weighted by molar-refractivity contribution is 0.121. The fraction of sp³-hybridized carbons (Fsp3) is 0.429. The molecule has 156 valence electrons. The second kappa shape index (κ2) is 7.88. The van der Waals surface area contributed by atoms with Crippen LogP contribution in [0.15, 0.2) is 29.2 Å². The zero-order valence-corrected chi connectivity index (χ0v) is 17.8. The number of fused-ring (bicyclic) bond motifs is 1. The van der Waals surface area contributed by atoms with Crippen molar-refractivity contribution in [1.29, 1.82) is 0 Å². The van der Waals surface area contributed by atoms with E-state index < -0.39 is 0 Å². The topological polar surface area (TPSA) is 67.3 Å². The Labute approximate surface area is 178 Å². The number of ether oxygens (including phenoxy) is 1. The van der Waals surface area contributed by atoms with Gasteiger partial charge in [-0.3, -0.25) is 0 Å². The van der Waals surface area contributed by atoms with Crippen LogP contribution in [0.25, 0.3) is 11.5 Å². The summed E-state index contributed by atoms with van der Waals surface area (Å²) in [6, 6.07) is 3.03. The molecule has 2 aliphatic rings. The van der Waals surface area contributed by atoms with Gasteiger partial charge in [0.05, 0.1) is 23.4 Å². The molecule has 30 heavy (non-hydrogen) atoms. The van der Waals surface area contributed by atoms with Crippen molar-refractivity contribution in [1.82, 2.24) is 19.9 Å². The van der Waals surface area contributed by atoms with E-state index in [0.717, 1.165) is 49.4 Å². The van der Waals surface area contributed by atoms with Crippen molar-refractivity contribution >= 4 is 23.0 Å². The molecule has 2 aliphatic heterocycles. The number of aromatic nitrogens is 4. The number of hydrogen-bond acceptors (Lipinski definition) is 8. The SMILES string of the molecule is CO[C@H]1CCN(c2cc(F)cc(N3CCc4nc(-c5cscn5)ncc4C3C)n2)C1. The maximum absolute atomic E-state index is 14.5. The highest BCUT2D eigenvalue weighted by molar-refractivity contribution is 7.07. The Hall–Kier alpha value is -2.65. The summed E-state index contributed by atoms with van der Waals surface area (Å²) in [5, 5.41) is 1.95. The summed E-state index contributed by atoms with van der Waals surface area (Å²) in [5.74, 6) is 1.69. The number of pyridine rings is 1. The van der Waals surface area contributed by atoms with Crippen LogP contribution in [0.2, 0.25) is 0 Å². The quantitative estimate of drug-likeness (QED) is 0.633. The first kappa shape index (κ1) is 19.3. The van der Waals surface area contributed by atoms with Gasteiger partial charge in [-0.2, -0.15) is 0 Å². The van der Waals surface area contributed by atoms with Gasteiger partial charge in [0.25, 0.3) is 0 Å². The van der Waals surface area contributed by atoms with Gasteiger partial charge in [0.2, 0.25) is 0 Å². The molecular formula is C21H23FN6OS. The first-order chi connectivity index (χ1) is 14.6. The van der Waals surface area contributed by atoms with Crippen molar-refractivity contribution in [2.45, 2.75) is 31.9 Å². The lowest BCUT2D eigenvalue weighted by atomic mass is 9.99. The van der Waals surface area contributed by atoms with Crippen LogP contribution in [0.1, 0.15) is 30.6 Å². The molecule has 1 unspecified atom stereocenters. The van der Waals surface area contributed by atoms with E-state index in [1.165, 1.54) is 23.5 Å². The Bertz CT molecular complexity index is 1050. The molecule has 0 N–H and O–H groups in total. The summed E-state index contributed by atoms with van der Waals surface area (Å²) in [6.07, 6.45) is 3.72. The Morgan fingerprint density at radius 2 is 2.03 bits per heavy atom. The minimum Gasteiger partial charge on any atom is -0.380 e. The van der Waals surface area contributed by atoms with Crippen LogP contribution in [-0.2, 0) is 11.2 Å². The maximum atomic E-state index is 14.5. The molecule has 5 heterocycles. The number of hydrogen-bond donors (Lipinski definition) is 0. The van der Waals surface area contributed by atoms with Crippen molar-refractivity contribution in [3.63, 3.8) is 0 Å².